The summed E-state index contributed by atoms with van der Waals surface area (Å²) in [6.07, 6.45) is 14.9. The average Bonchev–Trinajstić information content (AvgIpc) is 3.20. The molecule has 2 heteroatoms. The molecule has 1 heterocycles. The van der Waals surface area contributed by atoms with Gasteiger partial charge in [0.2, 0.25) is 0 Å². The Bertz CT molecular complexity index is 287. The van der Waals surface area contributed by atoms with Gasteiger partial charge < -0.3 is 4.74 Å². The van der Waals surface area contributed by atoms with E-state index in [1.165, 1.54) is 57.8 Å². The second kappa shape index (κ2) is 8.69. The SMILES string of the molecule is CCC1CCCCCCCCC(=O)OCCCC2CC12. The molecule has 0 aromatic rings. The van der Waals surface area contributed by atoms with Gasteiger partial charge in [-0.05, 0) is 43.4 Å². The van der Waals surface area contributed by atoms with E-state index in [-0.39, 0.29) is 5.97 Å². The van der Waals surface area contributed by atoms with Crippen LogP contribution in [0, 0.1) is 17.8 Å². The zero-order valence-corrected chi connectivity index (χ0v) is 13.2. The van der Waals surface area contributed by atoms with E-state index in [0.29, 0.717) is 13.0 Å². The van der Waals surface area contributed by atoms with E-state index in [1.807, 2.05) is 0 Å². The fourth-order valence-electron chi connectivity index (χ4n) is 3.89. The molecule has 2 nitrogen and oxygen atoms in total. The summed E-state index contributed by atoms with van der Waals surface area (Å²) in [5, 5.41) is 0. The first-order valence-electron chi connectivity index (χ1n) is 8.97. The normalized spacial score (nSPS) is 34.0. The van der Waals surface area contributed by atoms with Gasteiger partial charge in [-0.2, -0.15) is 0 Å². The summed E-state index contributed by atoms with van der Waals surface area (Å²) in [5.41, 5.74) is 0. The van der Waals surface area contributed by atoms with Crippen molar-refractivity contribution in [2.75, 3.05) is 6.61 Å². The van der Waals surface area contributed by atoms with E-state index in [2.05, 4.69) is 6.92 Å². The highest BCUT2D eigenvalue weighted by Crippen LogP contribution is 2.49. The summed E-state index contributed by atoms with van der Waals surface area (Å²) in [6, 6.07) is 0. The lowest BCUT2D eigenvalue weighted by molar-refractivity contribution is -0.143. The minimum absolute atomic E-state index is 0.0240. The van der Waals surface area contributed by atoms with Gasteiger partial charge in [-0.3, -0.25) is 4.79 Å². The topological polar surface area (TPSA) is 26.3 Å². The summed E-state index contributed by atoms with van der Waals surface area (Å²) < 4.78 is 5.32. The zero-order valence-electron chi connectivity index (χ0n) is 13.2. The third-order valence-corrected chi connectivity index (χ3v) is 5.30. The molecule has 2 fully saturated rings. The number of esters is 1. The first-order chi connectivity index (χ1) is 9.81. The smallest absolute Gasteiger partial charge is 0.305 e. The Morgan fingerprint density at radius 2 is 1.75 bits per heavy atom. The number of ether oxygens (including phenoxy) is 1. The highest BCUT2D eigenvalue weighted by molar-refractivity contribution is 5.69. The van der Waals surface area contributed by atoms with Gasteiger partial charge in [0.25, 0.3) is 0 Å². The van der Waals surface area contributed by atoms with Crippen LogP contribution in [0.4, 0.5) is 0 Å². The van der Waals surface area contributed by atoms with Crippen LogP contribution in [0.1, 0.15) is 84.0 Å². The Kier molecular flexibility index (Phi) is 6.89. The molecule has 1 saturated heterocycles. The minimum Gasteiger partial charge on any atom is -0.466 e. The average molecular weight is 280 g/mol. The lowest BCUT2D eigenvalue weighted by atomic mass is 9.91. The third-order valence-electron chi connectivity index (χ3n) is 5.30. The molecule has 0 aromatic carbocycles. The third kappa shape index (κ3) is 5.46. The quantitative estimate of drug-likeness (QED) is 0.624. The van der Waals surface area contributed by atoms with Crippen LogP contribution in [-0.2, 0) is 9.53 Å². The summed E-state index contributed by atoms with van der Waals surface area (Å²) in [4.78, 5) is 11.5. The lowest BCUT2D eigenvalue weighted by Crippen LogP contribution is -2.07. The summed E-state index contributed by atoms with van der Waals surface area (Å²) in [6.45, 7) is 3.01. The Labute approximate surface area is 124 Å². The fourth-order valence-corrected chi connectivity index (χ4v) is 3.89. The number of fused-ring (bicyclic) bond motifs is 1. The van der Waals surface area contributed by atoms with E-state index in [9.17, 15) is 4.79 Å². The molecule has 2 aliphatic rings. The van der Waals surface area contributed by atoms with Crippen LogP contribution in [0.15, 0.2) is 0 Å². The predicted octanol–water partition coefficient (Wildman–Crippen LogP) is 5.11. The highest BCUT2D eigenvalue weighted by atomic mass is 16.5. The van der Waals surface area contributed by atoms with E-state index in [4.69, 9.17) is 4.74 Å². The molecule has 3 unspecified atom stereocenters. The summed E-state index contributed by atoms with van der Waals surface area (Å²) in [5.74, 6) is 2.92. The fraction of sp³-hybridized carbons (Fsp3) is 0.944. The Morgan fingerprint density at radius 3 is 2.55 bits per heavy atom. The molecule has 0 aromatic heterocycles. The van der Waals surface area contributed by atoms with Crippen molar-refractivity contribution >= 4 is 5.97 Å². The first-order valence-corrected chi connectivity index (χ1v) is 8.97. The molecule has 0 amide bonds. The lowest BCUT2D eigenvalue weighted by Gasteiger charge is -2.15. The number of carbonyl (C=O) groups excluding carboxylic acids is 1. The molecule has 116 valence electrons. The molecule has 20 heavy (non-hydrogen) atoms. The van der Waals surface area contributed by atoms with Gasteiger partial charge in [0.05, 0.1) is 6.61 Å². The molecule has 3 atom stereocenters. The predicted molar refractivity (Wildman–Crippen MR) is 82.5 cm³/mol. The van der Waals surface area contributed by atoms with Gasteiger partial charge in [0, 0.05) is 6.42 Å². The molecule has 2 rings (SSSR count). The van der Waals surface area contributed by atoms with E-state index in [1.54, 1.807) is 0 Å². The Balaban J connectivity index is 1.74. The van der Waals surface area contributed by atoms with Gasteiger partial charge >= 0.3 is 5.97 Å². The molecular weight excluding hydrogens is 248 g/mol. The monoisotopic (exact) mass is 280 g/mol. The first kappa shape index (κ1) is 15.9. The van der Waals surface area contributed by atoms with Crippen LogP contribution in [0.5, 0.6) is 0 Å². The molecule has 0 radical (unpaired) electrons. The van der Waals surface area contributed by atoms with Crippen molar-refractivity contribution in [2.24, 2.45) is 17.8 Å². The highest BCUT2D eigenvalue weighted by Gasteiger charge is 2.40. The second-order valence-electron chi connectivity index (χ2n) is 6.85. The van der Waals surface area contributed by atoms with Crippen LogP contribution in [-0.4, -0.2) is 12.6 Å². The van der Waals surface area contributed by atoms with Crippen molar-refractivity contribution in [2.45, 2.75) is 84.0 Å². The van der Waals surface area contributed by atoms with E-state index >= 15 is 0 Å². The molecule has 1 aliphatic heterocycles. The second-order valence-corrected chi connectivity index (χ2v) is 6.85. The number of cyclic esters (lactones) is 1. The van der Waals surface area contributed by atoms with Gasteiger partial charge in [-0.15, -0.1) is 0 Å². The zero-order chi connectivity index (χ0) is 14.2. The largest absolute Gasteiger partial charge is 0.466 e. The molecular formula is C18H32O2. The van der Waals surface area contributed by atoms with Gasteiger partial charge in [-0.1, -0.05) is 51.9 Å². The maximum absolute atomic E-state index is 11.5. The van der Waals surface area contributed by atoms with E-state index in [0.717, 1.165) is 30.6 Å². The van der Waals surface area contributed by atoms with Crippen molar-refractivity contribution < 1.29 is 9.53 Å². The van der Waals surface area contributed by atoms with Gasteiger partial charge in [0.1, 0.15) is 0 Å². The maximum Gasteiger partial charge on any atom is 0.305 e. The van der Waals surface area contributed by atoms with Crippen LogP contribution >= 0.6 is 0 Å². The number of carbonyl (C=O) groups is 1. The van der Waals surface area contributed by atoms with Gasteiger partial charge in [0.15, 0.2) is 0 Å². The standard InChI is InChI=1S/C18H32O2/c1-2-15-10-7-5-3-4-6-8-12-18(19)20-13-9-11-16-14-17(15)16/h15-17H,2-14H2,1H3. The molecule has 0 N–H and O–H groups in total. The van der Waals surface area contributed by atoms with Crippen LogP contribution in [0.3, 0.4) is 0 Å². The minimum atomic E-state index is 0.0240. The van der Waals surface area contributed by atoms with Gasteiger partial charge in [-0.25, -0.2) is 0 Å². The van der Waals surface area contributed by atoms with Crippen molar-refractivity contribution in [1.82, 2.24) is 0 Å². The molecule has 1 saturated carbocycles. The molecule has 0 spiro atoms. The maximum atomic E-state index is 11.5. The summed E-state index contributed by atoms with van der Waals surface area (Å²) >= 11 is 0. The van der Waals surface area contributed by atoms with Crippen LogP contribution in [0.25, 0.3) is 0 Å². The Hall–Kier alpha value is -0.530. The number of rotatable bonds is 1. The number of hydrogen-bond donors (Lipinski definition) is 0. The van der Waals surface area contributed by atoms with Crippen molar-refractivity contribution in [3.63, 3.8) is 0 Å². The van der Waals surface area contributed by atoms with Crippen molar-refractivity contribution in [1.29, 1.82) is 0 Å². The van der Waals surface area contributed by atoms with Crippen molar-refractivity contribution in [3.8, 4) is 0 Å². The van der Waals surface area contributed by atoms with E-state index < -0.39 is 0 Å². The number of hydrogen-bond acceptors (Lipinski definition) is 2. The van der Waals surface area contributed by atoms with Crippen LogP contribution in [0.2, 0.25) is 0 Å². The molecule has 1 aliphatic carbocycles. The molecule has 0 bridgehead atoms. The van der Waals surface area contributed by atoms with Crippen LogP contribution < -0.4 is 0 Å². The summed E-state index contributed by atoms with van der Waals surface area (Å²) in [7, 11) is 0. The Morgan fingerprint density at radius 1 is 1.00 bits per heavy atom. The van der Waals surface area contributed by atoms with Crippen molar-refractivity contribution in [3.05, 3.63) is 0 Å².